The van der Waals surface area contributed by atoms with Crippen LogP contribution in [0.25, 0.3) is 0 Å². The zero-order chi connectivity index (χ0) is 21.5. The lowest BCUT2D eigenvalue weighted by atomic mass is 10.2. The van der Waals surface area contributed by atoms with Gasteiger partial charge >= 0.3 is 5.97 Å². The molecule has 0 spiro atoms. The van der Waals surface area contributed by atoms with Gasteiger partial charge in [-0.1, -0.05) is 35.9 Å². The number of furan rings is 1. The maximum atomic E-state index is 13.9. The van der Waals surface area contributed by atoms with E-state index >= 15 is 0 Å². The molecule has 0 N–H and O–H groups in total. The van der Waals surface area contributed by atoms with E-state index in [0.29, 0.717) is 11.3 Å². The van der Waals surface area contributed by atoms with E-state index in [-0.39, 0.29) is 29.5 Å². The summed E-state index contributed by atoms with van der Waals surface area (Å²) in [6.45, 7) is -0.482. The number of hydrogen-bond acceptors (Lipinski definition) is 5. The first-order chi connectivity index (χ1) is 14.5. The third-order valence-corrected chi connectivity index (χ3v) is 4.63. The van der Waals surface area contributed by atoms with Gasteiger partial charge in [0.15, 0.2) is 6.61 Å². The summed E-state index contributed by atoms with van der Waals surface area (Å²) in [6.07, 6.45) is 1.34. The van der Waals surface area contributed by atoms with Crippen molar-refractivity contribution in [1.29, 1.82) is 0 Å². The van der Waals surface area contributed by atoms with Crippen LogP contribution in [0.3, 0.4) is 0 Å². The van der Waals surface area contributed by atoms with E-state index in [9.17, 15) is 14.0 Å². The number of hydrogen-bond donors (Lipinski definition) is 0. The zero-order valence-electron chi connectivity index (χ0n) is 16.1. The molecular formula is C22H19ClFNO5. The molecule has 8 heteroatoms. The molecule has 0 radical (unpaired) electrons. The molecule has 0 aliphatic rings. The van der Waals surface area contributed by atoms with E-state index in [0.717, 1.165) is 0 Å². The minimum Gasteiger partial charge on any atom is -0.489 e. The van der Waals surface area contributed by atoms with Crippen molar-refractivity contribution in [3.05, 3.63) is 88.6 Å². The van der Waals surface area contributed by atoms with Gasteiger partial charge < -0.3 is 18.8 Å². The average molecular weight is 432 g/mol. The predicted molar refractivity (Wildman–Crippen MR) is 108 cm³/mol. The van der Waals surface area contributed by atoms with E-state index in [1.165, 1.54) is 36.4 Å². The van der Waals surface area contributed by atoms with Crippen LogP contribution in [0.15, 0.2) is 65.3 Å². The first-order valence-corrected chi connectivity index (χ1v) is 9.41. The first kappa shape index (κ1) is 21.4. The molecule has 0 saturated heterocycles. The van der Waals surface area contributed by atoms with Crippen LogP contribution < -0.4 is 4.74 Å². The lowest BCUT2D eigenvalue weighted by molar-refractivity contribution is -0.133. The molecule has 30 heavy (non-hydrogen) atoms. The summed E-state index contributed by atoms with van der Waals surface area (Å²) < 4.78 is 29.7. The van der Waals surface area contributed by atoms with E-state index in [1.54, 1.807) is 18.2 Å². The van der Waals surface area contributed by atoms with Gasteiger partial charge in [0.2, 0.25) is 5.76 Å². The summed E-state index contributed by atoms with van der Waals surface area (Å²) in [5, 5.41) is 0.213. The smallest absolute Gasteiger partial charge is 0.375 e. The molecule has 3 rings (SSSR count). The molecular weight excluding hydrogens is 413 g/mol. The highest BCUT2D eigenvalue weighted by Crippen LogP contribution is 2.20. The number of likely N-dealkylation sites (N-methyl/N-ethyl adjacent to an activating group) is 1. The van der Waals surface area contributed by atoms with E-state index < -0.39 is 24.3 Å². The normalized spacial score (nSPS) is 10.5. The Hall–Kier alpha value is -3.32. The molecule has 0 atom stereocenters. The maximum absolute atomic E-state index is 13.9. The monoisotopic (exact) mass is 431 g/mol. The number of rotatable bonds is 8. The van der Waals surface area contributed by atoms with Crippen LogP contribution >= 0.6 is 11.6 Å². The lowest BCUT2D eigenvalue weighted by Crippen LogP contribution is -2.31. The molecule has 1 amide bonds. The number of carbonyl (C=O) groups is 2. The van der Waals surface area contributed by atoms with Gasteiger partial charge in [0.1, 0.15) is 18.2 Å². The third kappa shape index (κ3) is 5.39. The van der Waals surface area contributed by atoms with Crippen LogP contribution in [0.1, 0.15) is 21.7 Å². The fourth-order valence-electron chi connectivity index (χ4n) is 2.62. The fourth-order valence-corrected chi connectivity index (χ4v) is 2.84. The largest absolute Gasteiger partial charge is 0.489 e. The molecule has 0 bridgehead atoms. The van der Waals surface area contributed by atoms with Gasteiger partial charge in [0.25, 0.3) is 5.91 Å². The topological polar surface area (TPSA) is 69.0 Å². The molecule has 0 aliphatic heterocycles. The van der Waals surface area contributed by atoms with Gasteiger partial charge in [-0.15, -0.1) is 0 Å². The number of amides is 1. The van der Waals surface area contributed by atoms with Crippen LogP contribution in [0.4, 0.5) is 4.39 Å². The molecule has 1 heterocycles. The Balaban J connectivity index is 1.54. The first-order valence-electron chi connectivity index (χ1n) is 9.04. The number of benzene rings is 2. The van der Waals surface area contributed by atoms with Crippen LogP contribution in [0.2, 0.25) is 5.02 Å². The van der Waals surface area contributed by atoms with Crippen LogP contribution in [0, 0.1) is 5.82 Å². The van der Waals surface area contributed by atoms with Crippen molar-refractivity contribution in [3.63, 3.8) is 0 Å². The molecule has 3 aromatic rings. The van der Waals surface area contributed by atoms with Gasteiger partial charge in [0.05, 0.1) is 6.26 Å². The van der Waals surface area contributed by atoms with Crippen molar-refractivity contribution in [2.45, 2.75) is 13.2 Å². The molecule has 2 aromatic carbocycles. The number of halogens is 2. The van der Waals surface area contributed by atoms with Gasteiger partial charge in [-0.3, -0.25) is 4.79 Å². The number of para-hydroxylation sites is 1. The predicted octanol–water partition coefficient (Wildman–Crippen LogP) is 4.47. The average Bonchev–Trinajstić information content (AvgIpc) is 3.22. The zero-order valence-corrected chi connectivity index (χ0v) is 16.9. The SMILES string of the molecule is CN(Cc1c(F)cccc1Cl)C(=O)COC(=O)c1occc1COc1ccccc1. The molecule has 156 valence electrons. The van der Waals surface area contributed by atoms with Crippen molar-refractivity contribution in [2.24, 2.45) is 0 Å². The lowest BCUT2D eigenvalue weighted by Gasteiger charge is -2.18. The molecule has 0 unspecified atom stereocenters. The van der Waals surface area contributed by atoms with Crippen molar-refractivity contribution >= 4 is 23.5 Å². The third-order valence-electron chi connectivity index (χ3n) is 4.28. The molecule has 6 nitrogen and oxygen atoms in total. The van der Waals surface area contributed by atoms with E-state index in [4.69, 9.17) is 25.5 Å². The quantitative estimate of drug-likeness (QED) is 0.492. The summed E-state index contributed by atoms with van der Waals surface area (Å²) >= 11 is 5.98. The minimum absolute atomic E-state index is 0.0430. The van der Waals surface area contributed by atoms with Crippen molar-refractivity contribution in [1.82, 2.24) is 4.90 Å². The summed E-state index contributed by atoms with van der Waals surface area (Å²) in [4.78, 5) is 25.8. The van der Waals surface area contributed by atoms with Crippen molar-refractivity contribution in [2.75, 3.05) is 13.7 Å². The minimum atomic E-state index is -0.794. The van der Waals surface area contributed by atoms with Crippen molar-refractivity contribution < 1.29 is 27.9 Å². The number of nitrogens with zero attached hydrogens (tertiary/aromatic N) is 1. The Labute approximate surface area is 177 Å². The molecule has 0 saturated carbocycles. The second-order valence-corrected chi connectivity index (χ2v) is 6.81. The van der Waals surface area contributed by atoms with Crippen LogP contribution in [0.5, 0.6) is 5.75 Å². The van der Waals surface area contributed by atoms with Gasteiger partial charge in [0, 0.05) is 29.7 Å². The van der Waals surface area contributed by atoms with Gasteiger partial charge in [-0.2, -0.15) is 0 Å². The Bertz CT molecular complexity index is 1000. The summed E-state index contributed by atoms with van der Waals surface area (Å²) in [7, 11) is 1.46. The number of carbonyl (C=O) groups excluding carboxylic acids is 2. The molecule has 0 fully saturated rings. The Morgan fingerprint density at radius 2 is 1.87 bits per heavy atom. The fraction of sp³-hybridized carbons (Fsp3) is 0.182. The Morgan fingerprint density at radius 3 is 2.60 bits per heavy atom. The van der Waals surface area contributed by atoms with Crippen LogP contribution in [-0.4, -0.2) is 30.4 Å². The number of esters is 1. The van der Waals surface area contributed by atoms with Gasteiger partial charge in [-0.25, -0.2) is 9.18 Å². The highest BCUT2D eigenvalue weighted by Gasteiger charge is 2.21. The van der Waals surface area contributed by atoms with Crippen molar-refractivity contribution in [3.8, 4) is 5.75 Å². The van der Waals surface area contributed by atoms with E-state index in [2.05, 4.69) is 0 Å². The molecule has 1 aromatic heterocycles. The molecule has 0 aliphatic carbocycles. The maximum Gasteiger partial charge on any atom is 0.375 e. The highest BCUT2D eigenvalue weighted by molar-refractivity contribution is 6.31. The Morgan fingerprint density at radius 1 is 1.10 bits per heavy atom. The summed E-state index contributed by atoms with van der Waals surface area (Å²) in [6, 6.07) is 15.0. The second-order valence-electron chi connectivity index (χ2n) is 6.40. The summed E-state index contributed by atoms with van der Waals surface area (Å²) in [5.41, 5.74) is 0.676. The highest BCUT2D eigenvalue weighted by atomic mass is 35.5. The second kappa shape index (κ2) is 9.93. The number of ether oxygens (including phenoxy) is 2. The summed E-state index contributed by atoms with van der Waals surface area (Å²) in [5.74, 6) is -1.23. The van der Waals surface area contributed by atoms with Crippen LogP contribution in [-0.2, 0) is 22.7 Å². The van der Waals surface area contributed by atoms with E-state index in [1.807, 2.05) is 18.2 Å². The van der Waals surface area contributed by atoms with Gasteiger partial charge in [-0.05, 0) is 30.3 Å². The Kier molecular flexibility index (Phi) is 7.08. The standard InChI is InChI=1S/C22H19ClFNO5/c1-25(12-17-18(23)8-5-9-19(17)24)20(26)14-30-22(27)21-15(10-11-28-21)13-29-16-6-3-2-4-7-16/h2-11H,12-14H2,1H3.